The zero-order valence-electron chi connectivity index (χ0n) is 14.4. The molecule has 2 aromatic carbocycles. The Morgan fingerprint density at radius 1 is 1.12 bits per heavy atom. The third-order valence-corrected chi connectivity index (χ3v) is 4.44. The molecule has 0 radical (unpaired) electrons. The molecular weight excluding hydrogens is 316 g/mol. The number of fused-ring (bicyclic) bond motifs is 3. The van der Waals surface area contributed by atoms with Gasteiger partial charge in [0.1, 0.15) is 12.4 Å². The Bertz CT molecular complexity index is 975. The minimum absolute atomic E-state index is 0.213. The molecule has 0 spiro atoms. The molecule has 25 heavy (non-hydrogen) atoms. The van der Waals surface area contributed by atoms with Crippen molar-refractivity contribution >= 4 is 11.6 Å². The lowest BCUT2D eigenvalue weighted by Crippen LogP contribution is -2.28. The summed E-state index contributed by atoms with van der Waals surface area (Å²) in [4.78, 5) is 14.5. The van der Waals surface area contributed by atoms with Crippen molar-refractivity contribution in [3.8, 4) is 17.1 Å². The number of anilines is 1. The predicted molar refractivity (Wildman–Crippen MR) is 94.9 cm³/mol. The van der Waals surface area contributed by atoms with Gasteiger partial charge < -0.3 is 14.2 Å². The van der Waals surface area contributed by atoms with Crippen LogP contribution in [-0.2, 0) is 6.61 Å². The second-order valence-electron chi connectivity index (χ2n) is 6.33. The largest absolute Gasteiger partial charge is 0.488 e. The summed E-state index contributed by atoms with van der Waals surface area (Å²) < 4.78 is 11.3. The smallest absolute Gasteiger partial charge is 0.280 e. The Morgan fingerprint density at radius 2 is 1.92 bits per heavy atom. The third-order valence-electron chi connectivity index (χ3n) is 4.44. The van der Waals surface area contributed by atoms with Gasteiger partial charge in [-0.2, -0.15) is 0 Å². The average molecular weight is 334 g/mol. The molecule has 0 saturated heterocycles. The number of hydrogen-bond acceptors (Lipinski definition) is 4. The summed E-state index contributed by atoms with van der Waals surface area (Å²) >= 11 is 0. The molecule has 5 heteroatoms. The fourth-order valence-electron chi connectivity index (χ4n) is 3.03. The van der Waals surface area contributed by atoms with Crippen LogP contribution >= 0.6 is 0 Å². The number of rotatable bonds is 2. The predicted octanol–water partition coefficient (Wildman–Crippen LogP) is 4.13. The first-order valence-electron chi connectivity index (χ1n) is 8.11. The average Bonchev–Trinajstić information content (AvgIpc) is 3.05. The number of carbonyl (C=O) groups excluding carboxylic acids is 1. The Morgan fingerprint density at radius 3 is 2.72 bits per heavy atom. The van der Waals surface area contributed by atoms with Crippen LogP contribution in [0.5, 0.6) is 5.75 Å². The Labute approximate surface area is 145 Å². The Hall–Kier alpha value is -3.08. The summed E-state index contributed by atoms with van der Waals surface area (Å²) in [5.74, 6) is 1.15. The molecule has 0 saturated carbocycles. The van der Waals surface area contributed by atoms with E-state index in [0.29, 0.717) is 17.0 Å². The highest BCUT2D eigenvalue weighted by molar-refractivity contribution is 6.06. The summed E-state index contributed by atoms with van der Waals surface area (Å²) in [5, 5.41) is 4.05. The number of aryl methyl sites for hydroxylation is 2. The van der Waals surface area contributed by atoms with Crippen LogP contribution in [-0.4, -0.2) is 18.1 Å². The van der Waals surface area contributed by atoms with E-state index in [1.807, 2.05) is 56.3 Å². The normalized spacial score (nSPS) is 12.1. The monoisotopic (exact) mass is 334 g/mol. The van der Waals surface area contributed by atoms with Gasteiger partial charge in [-0.1, -0.05) is 28.9 Å². The van der Waals surface area contributed by atoms with Crippen molar-refractivity contribution in [1.29, 1.82) is 0 Å². The molecule has 1 aliphatic rings. The van der Waals surface area contributed by atoms with Crippen LogP contribution in [0, 0.1) is 13.8 Å². The van der Waals surface area contributed by atoms with Crippen LogP contribution < -0.4 is 9.64 Å². The van der Waals surface area contributed by atoms with Crippen molar-refractivity contribution in [2.75, 3.05) is 11.9 Å². The molecule has 0 unspecified atom stereocenters. The quantitative estimate of drug-likeness (QED) is 0.707. The third kappa shape index (κ3) is 2.58. The highest BCUT2D eigenvalue weighted by Gasteiger charge is 2.30. The van der Waals surface area contributed by atoms with Crippen LogP contribution in [0.3, 0.4) is 0 Å². The summed E-state index contributed by atoms with van der Waals surface area (Å²) in [6.45, 7) is 4.27. The molecule has 0 fully saturated rings. The molecule has 0 bridgehead atoms. The molecule has 1 amide bonds. The molecule has 126 valence electrons. The van der Waals surface area contributed by atoms with Gasteiger partial charge in [-0.3, -0.25) is 4.79 Å². The van der Waals surface area contributed by atoms with E-state index in [1.165, 1.54) is 0 Å². The van der Waals surface area contributed by atoms with Crippen LogP contribution in [0.2, 0.25) is 0 Å². The van der Waals surface area contributed by atoms with Gasteiger partial charge in [-0.25, -0.2) is 0 Å². The van der Waals surface area contributed by atoms with Gasteiger partial charge in [0.15, 0.2) is 11.5 Å². The lowest BCUT2D eigenvalue weighted by molar-refractivity contribution is 0.0982. The topological polar surface area (TPSA) is 55.6 Å². The number of hydrogen-bond donors (Lipinski definition) is 0. The van der Waals surface area contributed by atoms with Crippen LogP contribution in [0.4, 0.5) is 5.69 Å². The van der Waals surface area contributed by atoms with Gasteiger partial charge in [0.05, 0.1) is 11.1 Å². The standard InChI is InChI=1S/C20H18N2O3/c1-12-5-4-6-14(9-12)22(3)20(23)18-16-11-24-17-8-7-13(2)10-15(17)19(16)25-21-18/h4-10H,11H2,1-3H3. The highest BCUT2D eigenvalue weighted by atomic mass is 16.5. The SMILES string of the molecule is Cc1cccc(N(C)C(=O)c2noc3c2COc2ccc(C)cc2-3)c1. The Balaban J connectivity index is 1.73. The maximum Gasteiger partial charge on any atom is 0.280 e. The van der Waals surface area contributed by atoms with E-state index >= 15 is 0 Å². The number of aromatic nitrogens is 1. The van der Waals surface area contributed by atoms with Crippen LogP contribution in [0.25, 0.3) is 11.3 Å². The van der Waals surface area contributed by atoms with Crippen molar-refractivity contribution in [1.82, 2.24) is 5.16 Å². The zero-order chi connectivity index (χ0) is 17.6. The number of nitrogens with zero attached hydrogens (tertiary/aromatic N) is 2. The lowest BCUT2D eigenvalue weighted by atomic mass is 10.0. The van der Waals surface area contributed by atoms with Gasteiger partial charge in [0.25, 0.3) is 5.91 Å². The first kappa shape index (κ1) is 15.4. The van der Waals surface area contributed by atoms with E-state index < -0.39 is 0 Å². The van der Waals surface area contributed by atoms with Crippen molar-refractivity contribution in [3.63, 3.8) is 0 Å². The maximum absolute atomic E-state index is 12.9. The van der Waals surface area contributed by atoms with Gasteiger partial charge >= 0.3 is 0 Å². The van der Waals surface area contributed by atoms with E-state index in [4.69, 9.17) is 9.26 Å². The van der Waals surface area contributed by atoms with Crippen molar-refractivity contribution in [2.45, 2.75) is 20.5 Å². The van der Waals surface area contributed by atoms with Crippen molar-refractivity contribution in [3.05, 3.63) is 64.8 Å². The first-order valence-corrected chi connectivity index (χ1v) is 8.11. The summed E-state index contributed by atoms with van der Waals surface area (Å²) in [5.41, 5.74) is 4.83. The Kier molecular flexibility index (Phi) is 3.57. The molecule has 1 aliphatic heterocycles. The number of amides is 1. The summed E-state index contributed by atoms with van der Waals surface area (Å²) in [6.07, 6.45) is 0. The lowest BCUT2D eigenvalue weighted by Gasteiger charge is -2.19. The number of benzene rings is 2. The minimum Gasteiger partial charge on any atom is -0.488 e. The molecule has 0 N–H and O–H groups in total. The van der Waals surface area contributed by atoms with E-state index in [1.54, 1.807) is 11.9 Å². The summed E-state index contributed by atoms with van der Waals surface area (Å²) in [6, 6.07) is 13.7. The zero-order valence-corrected chi connectivity index (χ0v) is 14.4. The fraction of sp³-hybridized carbons (Fsp3) is 0.200. The van der Waals surface area contributed by atoms with Gasteiger partial charge in [0, 0.05) is 12.7 Å². The number of ether oxygens (including phenoxy) is 1. The minimum atomic E-state index is -0.213. The second-order valence-corrected chi connectivity index (χ2v) is 6.33. The molecular formula is C20H18N2O3. The molecule has 3 aromatic rings. The fourth-order valence-corrected chi connectivity index (χ4v) is 3.03. The van der Waals surface area contributed by atoms with E-state index in [0.717, 1.165) is 28.1 Å². The van der Waals surface area contributed by atoms with Gasteiger partial charge in [0.2, 0.25) is 0 Å². The highest BCUT2D eigenvalue weighted by Crippen LogP contribution is 2.39. The van der Waals surface area contributed by atoms with E-state index in [2.05, 4.69) is 5.16 Å². The van der Waals surface area contributed by atoms with E-state index in [-0.39, 0.29) is 12.5 Å². The summed E-state index contributed by atoms with van der Waals surface area (Å²) in [7, 11) is 1.74. The van der Waals surface area contributed by atoms with Gasteiger partial charge in [-0.05, 0) is 43.7 Å². The molecule has 0 atom stereocenters. The molecule has 5 nitrogen and oxygen atoms in total. The van der Waals surface area contributed by atoms with Crippen molar-refractivity contribution < 1.29 is 14.1 Å². The molecule has 0 aliphatic carbocycles. The number of carbonyl (C=O) groups is 1. The van der Waals surface area contributed by atoms with Gasteiger partial charge in [-0.15, -0.1) is 0 Å². The van der Waals surface area contributed by atoms with Crippen LogP contribution in [0.1, 0.15) is 27.2 Å². The van der Waals surface area contributed by atoms with E-state index in [9.17, 15) is 4.79 Å². The molecule has 4 rings (SSSR count). The maximum atomic E-state index is 12.9. The molecule has 2 heterocycles. The second kappa shape index (κ2) is 5.77. The van der Waals surface area contributed by atoms with Crippen molar-refractivity contribution in [2.24, 2.45) is 0 Å². The molecule has 1 aromatic heterocycles. The first-order chi connectivity index (χ1) is 12.0. The van der Waals surface area contributed by atoms with Crippen LogP contribution in [0.15, 0.2) is 47.0 Å².